The molecule has 0 fully saturated rings. The Balaban J connectivity index is 1.72. The highest BCUT2D eigenvalue weighted by atomic mass is 19.1. The molecule has 0 radical (unpaired) electrons. The predicted octanol–water partition coefficient (Wildman–Crippen LogP) is 3.92. The molecule has 0 aliphatic heterocycles. The Morgan fingerprint density at radius 1 is 0.808 bits per heavy atom. The van der Waals surface area contributed by atoms with Crippen molar-refractivity contribution in [3.63, 3.8) is 0 Å². The van der Waals surface area contributed by atoms with E-state index in [-0.39, 0.29) is 23.5 Å². The number of halogens is 1. The lowest BCUT2D eigenvalue weighted by Crippen LogP contribution is -2.25. The summed E-state index contributed by atoms with van der Waals surface area (Å²) < 4.78 is 13.0. The number of rotatable bonds is 6. The zero-order valence-corrected chi connectivity index (χ0v) is 13.8. The van der Waals surface area contributed by atoms with Crippen LogP contribution in [-0.2, 0) is 11.4 Å². The second kappa shape index (κ2) is 8.18. The molecule has 0 bridgehead atoms. The van der Waals surface area contributed by atoms with Gasteiger partial charge in [-0.25, -0.2) is 9.87 Å². The van der Waals surface area contributed by atoms with Crippen LogP contribution in [0, 0.1) is 5.82 Å². The maximum absolute atomic E-state index is 13.0. The molecular formula is C21H16FNO3. The number of nitrogens with one attached hydrogen (secondary N) is 1. The number of amides is 1. The van der Waals surface area contributed by atoms with Crippen molar-refractivity contribution in [1.82, 2.24) is 5.48 Å². The first-order valence-corrected chi connectivity index (χ1v) is 8.00. The Kier molecular flexibility index (Phi) is 5.51. The van der Waals surface area contributed by atoms with E-state index in [0.29, 0.717) is 5.56 Å². The fourth-order valence-corrected chi connectivity index (χ4v) is 2.45. The van der Waals surface area contributed by atoms with Gasteiger partial charge in [0, 0.05) is 11.1 Å². The molecule has 3 aromatic carbocycles. The molecule has 3 aromatic rings. The van der Waals surface area contributed by atoms with Crippen LogP contribution in [0.3, 0.4) is 0 Å². The van der Waals surface area contributed by atoms with Crippen LogP contribution in [0.5, 0.6) is 0 Å². The number of carbonyl (C=O) groups is 2. The molecule has 0 heterocycles. The van der Waals surface area contributed by atoms with Gasteiger partial charge in [-0.2, -0.15) is 0 Å². The van der Waals surface area contributed by atoms with Crippen LogP contribution in [0.4, 0.5) is 4.39 Å². The van der Waals surface area contributed by atoms with Gasteiger partial charge in [-0.1, -0.05) is 48.5 Å². The molecular weight excluding hydrogens is 333 g/mol. The lowest BCUT2D eigenvalue weighted by atomic mass is 9.98. The van der Waals surface area contributed by atoms with E-state index in [1.54, 1.807) is 18.2 Å². The number of carbonyl (C=O) groups excluding carboxylic acids is 2. The summed E-state index contributed by atoms with van der Waals surface area (Å²) in [4.78, 5) is 30.3. The molecule has 0 spiro atoms. The normalized spacial score (nSPS) is 10.3. The minimum absolute atomic E-state index is 0.190. The first-order chi connectivity index (χ1) is 12.6. The Bertz CT molecular complexity index is 908. The van der Waals surface area contributed by atoms with Gasteiger partial charge in [-0.15, -0.1) is 0 Å². The van der Waals surface area contributed by atoms with Gasteiger partial charge in [-0.05, 0) is 35.9 Å². The van der Waals surface area contributed by atoms with Gasteiger partial charge >= 0.3 is 0 Å². The summed E-state index contributed by atoms with van der Waals surface area (Å²) in [7, 11) is 0. The van der Waals surface area contributed by atoms with Gasteiger partial charge in [0.05, 0.1) is 12.2 Å². The van der Waals surface area contributed by atoms with Crippen molar-refractivity contribution < 1.29 is 18.8 Å². The van der Waals surface area contributed by atoms with Gasteiger partial charge in [0.25, 0.3) is 5.91 Å². The van der Waals surface area contributed by atoms with E-state index >= 15 is 0 Å². The maximum Gasteiger partial charge on any atom is 0.275 e. The monoisotopic (exact) mass is 349 g/mol. The maximum atomic E-state index is 13.0. The molecule has 5 heteroatoms. The fourth-order valence-electron chi connectivity index (χ4n) is 2.45. The molecule has 3 rings (SSSR count). The lowest BCUT2D eigenvalue weighted by molar-refractivity contribution is 0.0232. The number of hydrogen-bond acceptors (Lipinski definition) is 3. The van der Waals surface area contributed by atoms with Crippen molar-refractivity contribution in [3.8, 4) is 0 Å². The minimum Gasteiger partial charge on any atom is -0.289 e. The van der Waals surface area contributed by atoms with Crippen molar-refractivity contribution in [2.45, 2.75) is 6.61 Å². The standard InChI is InChI=1S/C21H16FNO3/c22-17-12-10-16(11-13-17)20(24)18-8-4-5-9-19(18)21(25)23-26-14-15-6-2-1-3-7-15/h1-13H,14H2,(H,23,25). The number of hydrogen-bond donors (Lipinski definition) is 1. The highest BCUT2D eigenvalue weighted by Crippen LogP contribution is 2.15. The summed E-state index contributed by atoms with van der Waals surface area (Å²) in [5.74, 6) is -1.31. The van der Waals surface area contributed by atoms with Crippen molar-refractivity contribution in [2.24, 2.45) is 0 Å². The van der Waals surface area contributed by atoms with E-state index in [0.717, 1.165) is 5.56 Å². The Morgan fingerprint density at radius 3 is 2.12 bits per heavy atom. The van der Waals surface area contributed by atoms with Gasteiger partial charge in [0.15, 0.2) is 5.78 Å². The zero-order chi connectivity index (χ0) is 18.4. The molecule has 0 saturated heterocycles. The fraction of sp³-hybridized carbons (Fsp3) is 0.0476. The molecule has 0 aromatic heterocycles. The van der Waals surface area contributed by atoms with Crippen molar-refractivity contribution in [1.29, 1.82) is 0 Å². The van der Waals surface area contributed by atoms with Crippen molar-refractivity contribution >= 4 is 11.7 Å². The summed E-state index contributed by atoms with van der Waals surface area (Å²) in [6, 6.07) is 21.0. The SMILES string of the molecule is O=C(NOCc1ccccc1)c1ccccc1C(=O)c1ccc(F)cc1. The Morgan fingerprint density at radius 2 is 1.42 bits per heavy atom. The predicted molar refractivity (Wildman–Crippen MR) is 95.0 cm³/mol. The number of hydroxylamine groups is 1. The molecule has 26 heavy (non-hydrogen) atoms. The van der Waals surface area contributed by atoms with E-state index in [1.807, 2.05) is 30.3 Å². The number of ketones is 1. The molecule has 1 amide bonds. The van der Waals surface area contributed by atoms with Crippen molar-refractivity contribution in [3.05, 3.63) is 107 Å². The summed E-state index contributed by atoms with van der Waals surface area (Å²) in [6.07, 6.45) is 0. The third-order valence-electron chi connectivity index (χ3n) is 3.77. The van der Waals surface area contributed by atoms with Crippen LogP contribution in [0.2, 0.25) is 0 Å². The molecule has 0 atom stereocenters. The molecule has 1 N–H and O–H groups in total. The van der Waals surface area contributed by atoms with Gasteiger partial charge in [0.2, 0.25) is 0 Å². The molecule has 130 valence electrons. The second-order valence-electron chi connectivity index (χ2n) is 5.59. The molecule has 0 unspecified atom stereocenters. The van der Waals surface area contributed by atoms with E-state index < -0.39 is 11.7 Å². The van der Waals surface area contributed by atoms with Crippen LogP contribution in [-0.4, -0.2) is 11.7 Å². The van der Waals surface area contributed by atoms with Gasteiger partial charge < -0.3 is 0 Å². The Labute approximate surface area is 150 Å². The van der Waals surface area contributed by atoms with Crippen LogP contribution in [0.1, 0.15) is 31.8 Å². The second-order valence-corrected chi connectivity index (χ2v) is 5.59. The summed E-state index contributed by atoms with van der Waals surface area (Å²) in [5, 5.41) is 0. The quantitative estimate of drug-likeness (QED) is 0.542. The van der Waals surface area contributed by atoms with E-state index in [2.05, 4.69) is 5.48 Å². The summed E-state index contributed by atoms with van der Waals surface area (Å²) in [6.45, 7) is 0.209. The Hall–Kier alpha value is -3.31. The van der Waals surface area contributed by atoms with Gasteiger partial charge in [0.1, 0.15) is 5.82 Å². The van der Waals surface area contributed by atoms with E-state index in [4.69, 9.17) is 4.84 Å². The van der Waals surface area contributed by atoms with Crippen LogP contribution < -0.4 is 5.48 Å². The number of benzene rings is 3. The van der Waals surface area contributed by atoms with E-state index in [9.17, 15) is 14.0 Å². The average Bonchev–Trinajstić information content (AvgIpc) is 2.69. The summed E-state index contributed by atoms with van der Waals surface area (Å²) >= 11 is 0. The van der Waals surface area contributed by atoms with Crippen molar-refractivity contribution in [2.75, 3.05) is 0 Å². The van der Waals surface area contributed by atoms with Crippen LogP contribution in [0.15, 0.2) is 78.9 Å². The highest BCUT2D eigenvalue weighted by molar-refractivity contribution is 6.15. The largest absolute Gasteiger partial charge is 0.289 e. The average molecular weight is 349 g/mol. The zero-order valence-electron chi connectivity index (χ0n) is 13.8. The topological polar surface area (TPSA) is 55.4 Å². The first kappa shape index (κ1) is 17.5. The minimum atomic E-state index is -0.521. The third kappa shape index (κ3) is 4.20. The van der Waals surface area contributed by atoms with Gasteiger partial charge in [-0.3, -0.25) is 14.4 Å². The third-order valence-corrected chi connectivity index (χ3v) is 3.77. The highest BCUT2D eigenvalue weighted by Gasteiger charge is 2.18. The van der Waals surface area contributed by atoms with Crippen LogP contribution >= 0.6 is 0 Å². The first-order valence-electron chi connectivity index (χ1n) is 8.00. The summed E-state index contributed by atoms with van der Waals surface area (Å²) in [5.41, 5.74) is 3.97. The van der Waals surface area contributed by atoms with E-state index in [1.165, 1.54) is 30.3 Å². The molecule has 0 saturated carbocycles. The molecule has 4 nitrogen and oxygen atoms in total. The molecule has 0 aliphatic carbocycles. The van der Waals surface area contributed by atoms with Crippen LogP contribution in [0.25, 0.3) is 0 Å². The molecule has 0 aliphatic rings. The smallest absolute Gasteiger partial charge is 0.275 e. The lowest BCUT2D eigenvalue weighted by Gasteiger charge is -2.10.